The Hall–Kier alpha value is -0.620. The van der Waals surface area contributed by atoms with Gasteiger partial charge in [-0.3, -0.25) is 0 Å². The average Bonchev–Trinajstić information content (AvgIpc) is 2.29. The van der Waals surface area contributed by atoms with Crippen LogP contribution in [0.4, 0.5) is 0 Å². The van der Waals surface area contributed by atoms with Gasteiger partial charge in [0.1, 0.15) is 0 Å². The van der Waals surface area contributed by atoms with Crippen molar-refractivity contribution < 1.29 is 8.42 Å². The molecular weight excluding hydrogens is 284 g/mol. The van der Waals surface area contributed by atoms with Crippen LogP contribution in [0.2, 0.25) is 0 Å². The highest BCUT2D eigenvalue weighted by Crippen LogP contribution is 2.20. The van der Waals surface area contributed by atoms with E-state index in [-0.39, 0.29) is 17.8 Å². The first-order valence-electron chi connectivity index (χ1n) is 5.92. The molecule has 2 N–H and O–H groups in total. The van der Waals surface area contributed by atoms with Crippen LogP contribution < -0.4 is 5.73 Å². The number of hydrogen-bond acceptors (Lipinski definition) is 3. The van der Waals surface area contributed by atoms with Crippen molar-refractivity contribution in [3.63, 3.8) is 0 Å². The maximum Gasteiger partial charge on any atom is 0.242 e. The third-order valence-electron chi connectivity index (χ3n) is 2.93. The molecule has 0 aliphatic carbocycles. The van der Waals surface area contributed by atoms with Crippen LogP contribution in [0.25, 0.3) is 0 Å². The predicted octanol–water partition coefficient (Wildman–Crippen LogP) is 2.02. The van der Waals surface area contributed by atoms with Crippen molar-refractivity contribution in [3.8, 4) is 0 Å². The summed E-state index contributed by atoms with van der Waals surface area (Å²) in [5.41, 5.74) is 6.45. The zero-order valence-corrected chi connectivity index (χ0v) is 13.5. The van der Waals surface area contributed by atoms with E-state index in [0.717, 1.165) is 5.56 Å². The summed E-state index contributed by atoms with van der Waals surface area (Å²) < 4.78 is 26.0. The van der Waals surface area contributed by atoms with E-state index in [4.69, 9.17) is 5.73 Å². The maximum atomic E-state index is 12.3. The minimum absolute atomic E-state index is 0. The molecule has 0 unspecified atom stereocenters. The summed E-state index contributed by atoms with van der Waals surface area (Å²) >= 11 is 0. The summed E-state index contributed by atoms with van der Waals surface area (Å²) in [4.78, 5) is 0.323. The van der Waals surface area contributed by atoms with Crippen molar-refractivity contribution in [3.05, 3.63) is 29.8 Å². The van der Waals surface area contributed by atoms with Crippen molar-refractivity contribution in [2.75, 3.05) is 20.1 Å². The van der Waals surface area contributed by atoms with Gasteiger partial charge >= 0.3 is 0 Å². The van der Waals surface area contributed by atoms with Gasteiger partial charge in [-0.1, -0.05) is 31.5 Å². The van der Waals surface area contributed by atoms with E-state index in [1.807, 2.05) is 20.8 Å². The lowest BCUT2D eigenvalue weighted by Gasteiger charge is -2.28. The number of aryl methyl sites for hydroxylation is 1. The number of halogens is 1. The highest BCUT2D eigenvalue weighted by Gasteiger charge is 2.26. The van der Waals surface area contributed by atoms with Crippen molar-refractivity contribution >= 4 is 22.4 Å². The Morgan fingerprint density at radius 1 is 1.21 bits per heavy atom. The SMILES string of the molecule is Cc1ccc(S(=O)(=O)N(C)CC(C)(C)CN)cc1.Cl. The summed E-state index contributed by atoms with van der Waals surface area (Å²) in [5, 5.41) is 0. The Bertz CT molecular complexity index is 498. The Balaban J connectivity index is 0.00000324. The number of sulfonamides is 1. The molecule has 110 valence electrons. The molecule has 0 amide bonds. The Morgan fingerprint density at radius 2 is 1.68 bits per heavy atom. The third kappa shape index (κ3) is 4.76. The van der Waals surface area contributed by atoms with Crippen LogP contribution in [0.3, 0.4) is 0 Å². The second kappa shape index (κ2) is 6.70. The molecule has 0 bridgehead atoms. The average molecular weight is 307 g/mol. The zero-order valence-electron chi connectivity index (χ0n) is 11.9. The second-order valence-electron chi connectivity index (χ2n) is 5.44. The fourth-order valence-corrected chi connectivity index (χ4v) is 3.00. The van der Waals surface area contributed by atoms with Crippen LogP contribution in [0, 0.1) is 12.3 Å². The summed E-state index contributed by atoms with van der Waals surface area (Å²) in [5.74, 6) is 0. The fraction of sp³-hybridized carbons (Fsp3) is 0.538. The van der Waals surface area contributed by atoms with Gasteiger partial charge in [-0.05, 0) is 31.0 Å². The standard InChI is InChI=1S/C13H22N2O2S.ClH/c1-11-5-7-12(8-6-11)18(16,17)15(4)10-13(2,3)9-14;/h5-8H,9-10,14H2,1-4H3;1H. The molecule has 0 atom stereocenters. The monoisotopic (exact) mass is 306 g/mol. The van der Waals surface area contributed by atoms with E-state index in [9.17, 15) is 8.42 Å². The molecule has 0 heterocycles. The lowest BCUT2D eigenvalue weighted by Crippen LogP contribution is -2.39. The van der Waals surface area contributed by atoms with Gasteiger partial charge < -0.3 is 5.73 Å². The Morgan fingerprint density at radius 3 is 2.11 bits per heavy atom. The van der Waals surface area contributed by atoms with Crippen LogP contribution >= 0.6 is 12.4 Å². The van der Waals surface area contributed by atoms with Crippen LogP contribution in [0.5, 0.6) is 0 Å². The lowest BCUT2D eigenvalue weighted by atomic mass is 9.94. The third-order valence-corrected chi connectivity index (χ3v) is 4.75. The quantitative estimate of drug-likeness (QED) is 0.905. The largest absolute Gasteiger partial charge is 0.330 e. The molecule has 4 nitrogen and oxygen atoms in total. The molecule has 1 aromatic carbocycles. The number of benzene rings is 1. The van der Waals surface area contributed by atoms with Crippen LogP contribution in [0.1, 0.15) is 19.4 Å². The molecule has 0 saturated carbocycles. The zero-order chi connectivity index (χ0) is 14.0. The van der Waals surface area contributed by atoms with Crippen LogP contribution in [0.15, 0.2) is 29.2 Å². The van der Waals surface area contributed by atoms with Gasteiger partial charge in [-0.15, -0.1) is 12.4 Å². The second-order valence-corrected chi connectivity index (χ2v) is 7.49. The van der Waals surface area contributed by atoms with Crippen molar-refractivity contribution in [2.45, 2.75) is 25.7 Å². The molecule has 0 aromatic heterocycles. The van der Waals surface area contributed by atoms with Crippen molar-refractivity contribution in [2.24, 2.45) is 11.1 Å². The van der Waals surface area contributed by atoms with Crippen LogP contribution in [-0.4, -0.2) is 32.9 Å². The molecule has 0 aliphatic heterocycles. The molecule has 1 rings (SSSR count). The lowest BCUT2D eigenvalue weighted by molar-refractivity contribution is 0.292. The highest BCUT2D eigenvalue weighted by atomic mass is 35.5. The first kappa shape index (κ1) is 18.4. The Labute approximate surface area is 122 Å². The molecule has 0 spiro atoms. The van der Waals surface area contributed by atoms with E-state index in [1.165, 1.54) is 4.31 Å². The van der Waals surface area contributed by atoms with Gasteiger partial charge in [-0.2, -0.15) is 0 Å². The number of hydrogen-bond donors (Lipinski definition) is 1. The van der Waals surface area contributed by atoms with Gasteiger partial charge in [-0.25, -0.2) is 12.7 Å². The Kier molecular flexibility index (Phi) is 6.48. The van der Waals surface area contributed by atoms with E-state index >= 15 is 0 Å². The van der Waals surface area contributed by atoms with Crippen molar-refractivity contribution in [1.29, 1.82) is 0 Å². The molecule has 1 aromatic rings. The maximum absolute atomic E-state index is 12.3. The van der Waals surface area contributed by atoms with Crippen molar-refractivity contribution in [1.82, 2.24) is 4.31 Å². The number of nitrogens with two attached hydrogens (primary N) is 1. The fourth-order valence-electron chi connectivity index (χ4n) is 1.64. The van der Waals surface area contributed by atoms with E-state index in [0.29, 0.717) is 18.0 Å². The molecule has 0 saturated heterocycles. The number of nitrogens with zero attached hydrogens (tertiary/aromatic N) is 1. The van der Waals surface area contributed by atoms with E-state index in [1.54, 1.807) is 31.3 Å². The molecule has 6 heteroatoms. The van der Waals surface area contributed by atoms with Gasteiger partial charge in [0.25, 0.3) is 0 Å². The minimum Gasteiger partial charge on any atom is -0.330 e. The summed E-state index contributed by atoms with van der Waals surface area (Å²) in [6.07, 6.45) is 0. The first-order valence-corrected chi connectivity index (χ1v) is 7.36. The molecule has 0 aliphatic rings. The number of rotatable bonds is 5. The summed E-state index contributed by atoms with van der Waals surface area (Å²) in [6, 6.07) is 6.87. The minimum atomic E-state index is -3.42. The first-order chi connectivity index (χ1) is 8.19. The van der Waals surface area contributed by atoms with E-state index in [2.05, 4.69) is 0 Å². The topological polar surface area (TPSA) is 63.4 Å². The molecular formula is C13H23ClN2O2S. The summed E-state index contributed by atoms with van der Waals surface area (Å²) in [7, 11) is -1.83. The van der Waals surface area contributed by atoms with Gasteiger partial charge in [0.2, 0.25) is 10.0 Å². The van der Waals surface area contributed by atoms with Gasteiger partial charge in [0, 0.05) is 13.6 Å². The normalized spacial score (nSPS) is 12.3. The van der Waals surface area contributed by atoms with E-state index < -0.39 is 10.0 Å². The van der Waals surface area contributed by atoms with Crippen LogP contribution in [-0.2, 0) is 10.0 Å². The van der Waals surface area contributed by atoms with Gasteiger partial charge in [0.15, 0.2) is 0 Å². The smallest absolute Gasteiger partial charge is 0.242 e. The molecule has 19 heavy (non-hydrogen) atoms. The molecule has 0 fully saturated rings. The summed E-state index contributed by atoms with van der Waals surface area (Å²) in [6.45, 7) is 6.68. The van der Waals surface area contributed by atoms with Gasteiger partial charge in [0.05, 0.1) is 4.90 Å². The predicted molar refractivity (Wildman–Crippen MR) is 81.1 cm³/mol. The molecule has 0 radical (unpaired) electrons. The highest BCUT2D eigenvalue weighted by molar-refractivity contribution is 7.89.